The number of methoxy groups -OCH3 is 1. The number of carbonyl (C=O) groups excluding carboxylic acids is 3. The van der Waals surface area contributed by atoms with Gasteiger partial charge in [0.15, 0.2) is 11.5 Å². The second kappa shape index (κ2) is 16.5. The van der Waals surface area contributed by atoms with E-state index in [2.05, 4.69) is 43.5 Å². The Morgan fingerprint density at radius 2 is 1.34 bits per heavy atom. The molecule has 2 amide bonds. The average Bonchev–Trinajstić information content (AvgIpc) is 3.11. The van der Waals surface area contributed by atoms with Crippen LogP contribution in [0.1, 0.15) is 70.6 Å². The first-order chi connectivity index (χ1) is 25.3. The van der Waals surface area contributed by atoms with Gasteiger partial charge in [0.05, 0.1) is 43.2 Å². The molecule has 4 aromatic carbocycles. The Balaban J connectivity index is 1.54. The third-order valence-electron chi connectivity index (χ3n) is 9.51. The average molecular weight is 723 g/mol. The van der Waals surface area contributed by atoms with Gasteiger partial charge in [0.1, 0.15) is 29.8 Å². The number of para-hydroxylation sites is 4. The molecule has 1 aliphatic rings. The van der Waals surface area contributed by atoms with E-state index in [9.17, 15) is 19.5 Å². The molecule has 280 valence electrons. The van der Waals surface area contributed by atoms with Crippen molar-refractivity contribution in [2.24, 2.45) is 11.8 Å². The Labute approximate surface area is 311 Å². The number of ether oxygens (including phenoxy) is 4. The summed E-state index contributed by atoms with van der Waals surface area (Å²) in [6.07, 6.45) is -0.424. The molecule has 1 aliphatic carbocycles. The van der Waals surface area contributed by atoms with Crippen LogP contribution in [0.2, 0.25) is 0 Å². The molecule has 0 spiro atoms. The molecular weight excluding hydrogens is 672 g/mol. The van der Waals surface area contributed by atoms with Gasteiger partial charge in [-0.1, -0.05) is 75.4 Å². The van der Waals surface area contributed by atoms with E-state index in [0.717, 1.165) is 5.56 Å². The van der Waals surface area contributed by atoms with Gasteiger partial charge in [0.2, 0.25) is 11.8 Å². The van der Waals surface area contributed by atoms with E-state index in [0.29, 0.717) is 53.2 Å². The van der Waals surface area contributed by atoms with E-state index in [1.807, 2.05) is 26.0 Å². The Morgan fingerprint density at radius 3 is 1.89 bits per heavy atom. The molecule has 4 atom stereocenters. The molecule has 5 rings (SSSR count). The normalized spacial score (nSPS) is 19.9. The maximum atomic E-state index is 14.4. The van der Waals surface area contributed by atoms with E-state index in [-0.39, 0.29) is 12.0 Å². The maximum absolute atomic E-state index is 14.4. The maximum Gasteiger partial charge on any atom is 0.235 e. The molecule has 0 saturated heterocycles. The minimum atomic E-state index is -1.83. The molecule has 0 aliphatic heterocycles. The first kappa shape index (κ1) is 38.9. The molecule has 3 N–H and O–H groups in total. The zero-order chi connectivity index (χ0) is 38.3. The quantitative estimate of drug-likeness (QED) is 0.120. The molecule has 1 fully saturated rings. The van der Waals surface area contributed by atoms with E-state index in [4.69, 9.17) is 18.9 Å². The summed E-state index contributed by atoms with van der Waals surface area (Å²) < 4.78 is 23.4. The summed E-state index contributed by atoms with van der Waals surface area (Å²) in [6.45, 7) is 12.6. The zero-order valence-corrected chi connectivity index (χ0v) is 31.5. The second-order valence-electron chi connectivity index (χ2n) is 14.5. The third kappa shape index (κ3) is 9.00. The van der Waals surface area contributed by atoms with Crippen LogP contribution in [0.5, 0.6) is 23.0 Å². The van der Waals surface area contributed by atoms with Crippen molar-refractivity contribution in [3.63, 3.8) is 0 Å². The van der Waals surface area contributed by atoms with Crippen LogP contribution in [-0.2, 0) is 26.4 Å². The van der Waals surface area contributed by atoms with Crippen molar-refractivity contribution in [1.82, 2.24) is 0 Å². The molecule has 4 unspecified atom stereocenters. The van der Waals surface area contributed by atoms with Crippen molar-refractivity contribution in [3.05, 3.63) is 108 Å². The van der Waals surface area contributed by atoms with Gasteiger partial charge >= 0.3 is 0 Å². The number of hydrogen-bond acceptors (Lipinski definition) is 8. The summed E-state index contributed by atoms with van der Waals surface area (Å²) in [4.78, 5) is 42.7. The standard InChI is InChI=1S/C43H50N2O8/c1-8-51-33-16-12-10-14-30(33)44-40(47)38-32(46)25-43(6,49)39(41(48)45-31-15-11-13-17-34(31)52-9-2)37(38)28-20-23-35(36(24-28)50-7)53-26-27-18-21-29(22-19-27)42(3,4)5/h10-24,37-39,49H,8-9,25-26H2,1-7H3,(H,44,47)(H,45,48). The van der Waals surface area contributed by atoms with Crippen LogP contribution >= 0.6 is 0 Å². The largest absolute Gasteiger partial charge is 0.493 e. The van der Waals surface area contributed by atoms with Crippen LogP contribution in [0.15, 0.2) is 91.0 Å². The van der Waals surface area contributed by atoms with Crippen LogP contribution < -0.4 is 29.6 Å². The molecule has 53 heavy (non-hydrogen) atoms. The van der Waals surface area contributed by atoms with Crippen molar-refractivity contribution in [2.45, 2.75) is 71.5 Å². The van der Waals surface area contributed by atoms with Gasteiger partial charge in [0, 0.05) is 12.3 Å². The lowest BCUT2D eigenvalue weighted by atomic mass is 9.61. The van der Waals surface area contributed by atoms with Crippen molar-refractivity contribution < 1.29 is 38.4 Å². The van der Waals surface area contributed by atoms with E-state index >= 15 is 0 Å². The number of ketones is 1. The summed E-state index contributed by atoms with van der Waals surface area (Å²) in [5.74, 6) is -3.79. The SMILES string of the molecule is CCOc1ccccc1NC(=O)C1C(=O)CC(C)(O)C(C(=O)Nc2ccccc2OCC)C1c1ccc(OCc2ccc(C(C)(C)C)cc2)c(OC)c1. The lowest BCUT2D eigenvalue weighted by molar-refractivity contribution is -0.150. The Hall–Kier alpha value is -5.35. The molecule has 0 heterocycles. The number of anilines is 2. The Bertz CT molecular complexity index is 1910. The summed E-state index contributed by atoms with van der Waals surface area (Å²) in [7, 11) is 1.50. The molecule has 0 radical (unpaired) electrons. The summed E-state index contributed by atoms with van der Waals surface area (Å²) in [6, 6.07) is 27.2. The number of rotatable bonds is 13. The monoisotopic (exact) mass is 722 g/mol. The van der Waals surface area contributed by atoms with Crippen molar-refractivity contribution >= 4 is 29.0 Å². The molecule has 4 aromatic rings. The summed E-state index contributed by atoms with van der Waals surface area (Å²) in [5, 5.41) is 17.7. The predicted molar refractivity (Wildman–Crippen MR) is 205 cm³/mol. The number of Topliss-reactive ketones (excluding diaryl/α,β-unsaturated/α-hetero) is 1. The Kier molecular flexibility index (Phi) is 12.1. The molecule has 0 bridgehead atoms. The van der Waals surface area contributed by atoms with Gasteiger partial charge in [-0.2, -0.15) is 0 Å². The van der Waals surface area contributed by atoms with Gasteiger partial charge in [-0.15, -0.1) is 0 Å². The number of nitrogens with one attached hydrogen (secondary N) is 2. The predicted octanol–water partition coefficient (Wildman–Crippen LogP) is 7.69. The van der Waals surface area contributed by atoms with Crippen LogP contribution in [0.3, 0.4) is 0 Å². The number of benzene rings is 4. The summed E-state index contributed by atoms with van der Waals surface area (Å²) >= 11 is 0. The fourth-order valence-electron chi connectivity index (χ4n) is 6.89. The highest BCUT2D eigenvalue weighted by Gasteiger charge is 2.56. The van der Waals surface area contributed by atoms with Crippen LogP contribution in [0.4, 0.5) is 11.4 Å². The molecular formula is C43H50N2O8. The summed E-state index contributed by atoms with van der Waals surface area (Å²) in [5.41, 5.74) is 1.59. The van der Waals surface area contributed by atoms with Crippen molar-refractivity contribution in [3.8, 4) is 23.0 Å². The molecule has 1 saturated carbocycles. The van der Waals surface area contributed by atoms with E-state index in [1.54, 1.807) is 66.7 Å². The van der Waals surface area contributed by atoms with E-state index in [1.165, 1.54) is 19.6 Å². The lowest BCUT2D eigenvalue weighted by Gasteiger charge is -2.44. The zero-order valence-electron chi connectivity index (χ0n) is 31.5. The number of carbonyl (C=O) groups is 3. The highest BCUT2D eigenvalue weighted by Crippen LogP contribution is 2.48. The lowest BCUT2D eigenvalue weighted by Crippen LogP contribution is -2.56. The second-order valence-corrected chi connectivity index (χ2v) is 14.5. The van der Waals surface area contributed by atoms with Crippen LogP contribution in [-0.4, -0.2) is 48.6 Å². The number of aliphatic hydroxyl groups is 1. The van der Waals surface area contributed by atoms with Crippen LogP contribution in [0.25, 0.3) is 0 Å². The topological polar surface area (TPSA) is 132 Å². The van der Waals surface area contributed by atoms with Gasteiger partial charge < -0.3 is 34.7 Å². The number of amides is 2. The molecule has 10 heteroatoms. The van der Waals surface area contributed by atoms with Gasteiger partial charge in [-0.05, 0) is 79.3 Å². The van der Waals surface area contributed by atoms with Gasteiger partial charge in [-0.3, -0.25) is 14.4 Å². The van der Waals surface area contributed by atoms with Gasteiger partial charge in [-0.25, -0.2) is 0 Å². The third-order valence-corrected chi connectivity index (χ3v) is 9.51. The fourth-order valence-corrected chi connectivity index (χ4v) is 6.89. The first-order valence-corrected chi connectivity index (χ1v) is 18.0. The number of hydrogen-bond donors (Lipinski definition) is 3. The van der Waals surface area contributed by atoms with Crippen LogP contribution in [0, 0.1) is 11.8 Å². The first-order valence-electron chi connectivity index (χ1n) is 18.0. The fraction of sp³-hybridized carbons (Fsp3) is 0.372. The minimum Gasteiger partial charge on any atom is -0.493 e. The minimum absolute atomic E-state index is 0.0203. The smallest absolute Gasteiger partial charge is 0.235 e. The van der Waals surface area contributed by atoms with Crippen molar-refractivity contribution in [2.75, 3.05) is 31.0 Å². The van der Waals surface area contributed by atoms with Gasteiger partial charge in [0.25, 0.3) is 0 Å². The highest BCUT2D eigenvalue weighted by atomic mass is 16.5. The highest BCUT2D eigenvalue weighted by molar-refractivity contribution is 6.11. The van der Waals surface area contributed by atoms with E-state index < -0.39 is 47.4 Å². The molecule has 0 aromatic heterocycles. The molecule has 10 nitrogen and oxygen atoms in total. The van der Waals surface area contributed by atoms with Crippen molar-refractivity contribution in [1.29, 1.82) is 0 Å². The Morgan fingerprint density at radius 1 is 0.774 bits per heavy atom.